The molecule has 0 aromatic carbocycles. The molecular formula is C17H22N4OS2+2. The molecule has 3 aromatic rings. The Morgan fingerprint density at radius 3 is 2.75 bits per heavy atom. The SMILES string of the molecule is C[C@H](c1nc2scc(-c3cccs3)c2c(=O)[nH]1)[NH+]1CC[NH+](C)CC1. The van der Waals surface area contributed by atoms with E-state index in [0.717, 1.165) is 39.6 Å². The van der Waals surface area contributed by atoms with Gasteiger partial charge in [-0.25, -0.2) is 4.98 Å². The first-order valence-electron chi connectivity index (χ1n) is 8.34. The summed E-state index contributed by atoms with van der Waals surface area (Å²) in [5.74, 6) is 0.821. The number of likely N-dealkylation sites (N-methyl/N-ethyl adjacent to an activating group) is 1. The lowest BCUT2D eigenvalue weighted by atomic mass is 10.2. The van der Waals surface area contributed by atoms with Gasteiger partial charge in [-0.1, -0.05) is 6.07 Å². The van der Waals surface area contributed by atoms with Crippen molar-refractivity contribution in [3.05, 3.63) is 39.1 Å². The minimum absolute atomic E-state index is 0.00866. The number of H-pyrrole nitrogens is 1. The predicted molar refractivity (Wildman–Crippen MR) is 99.3 cm³/mol. The Hall–Kier alpha value is -1.54. The van der Waals surface area contributed by atoms with E-state index in [0.29, 0.717) is 0 Å². The summed E-state index contributed by atoms with van der Waals surface area (Å²) in [6.45, 7) is 6.77. The zero-order valence-electron chi connectivity index (χ0n) is 13.9. The second-order valence-electron chi connectivity index (χ2n) is 6.60. The number of aromatic nitrogens is 2. The predicted octanol–water partition coefficient (Wildman–Crippen LogP) is 0.187. The molecule has 5 nitrogen and oxygen atoms in total. The first-order chi connectivity index (χ1) is 11.6. The van der Waals surface area contributed by atoms with Crippen LogP contribution in [0.2, 0.25) is 0 Å². The van der Waals surface area contributed by atoms with Crippen LogP contribution in [-0.4, -0.2) is 43.2 Å². The number of thiophene rings is 2. The van der Waals surface area contributed by atoms with Crippen molar-refractivity contribution in [1.29, 1.82) is 0 Å². The van der Waals surface area contributed by atoms with Crippen LogP contribution in [0.15, 0.2) is 27.7 Å². The van der Waals surface area contributed by atoms with Gasteiger partial charge < -0.3 is 14.8 Å². The third-order valence-electron chi connectivity index (χ3n) is 5.02. The molecule has 1 aliphatic rings. The average Bonchev–Trinajstić information content (AvgIpc) is 3.24. The van der Waals surface area contributed by atoms with Gasteiger partial charge in [-0.3, -0.25) is 4.79 Å². The van der Waals surface area contributed by atoms with Crippen LogP contribution >= 0.6 is 22.7 Å². The number of nitrogens with zero attached hydrogens (tertiary/aromatic N) is 1. The molecule has 0 unspecified atom stereocenters. The highest BCUT2D eigenvalue weighted by Crippen LogP contribution is 2.33. The van der Waals surface area contributed by atoms with Gasteiger partial charge in [-0.15, -0.1) is 22.7 Å². The lowest BCUT2D eigenvalue weighted by molar-refractivity contribution is -1.02. The summed E-state index contributed by atoms with van der Waals surface area (Å²) in [7, 11) is 2.24. The van der Waals surface area contributed by atoms with Gasteiger partial charge in [-0.05, 0) is 18.4 Å². The van der Waals surface area contributed by atoms with Gasteiger partial charge in [0.1, 0.15) is 37.1 Å². The minimum Gasteiger partial charge on any atom is -0.328 e. The number of nitrogens with one attached hydrogen (secondary N) is 3. The molecule has 1 aliphatic heterocycles. The molecule has 3 N–H and O–H groups in total. The third-order valence-corrected chi connectivity index (χ3v) is 6.79. The van der Waals surface area contributed by atoms with Crippen molar-refractivity contribution in [2.75, 3.05) is 33.2 Å². The highest BCUT2D eigenvalue weighted by molar-refractivity contribution is 7.18. The molecule has 0 bridgehead atoms. The fourth-order valence-corrected chi connectivity index (χ4v) is 5.18. The zero-order valence-corrected chi connectivity index (χ0v) is 15.5. The lowest BCUT2D eigenvalue weighted by Crippen LogP contribution is -3.26. The fraction of sp³-hybridized carbons (Fsp3) is 0.412. The van der Waals surface area contributed by atoms with E-state index < -0.39 is 0 Å². The topological polar surface area (TPSA) is 54.6 Å². The molecule has 3 aromatic heterocycles. The van der Waals surface area contributed by atoms with E-state index in [2.05, 4.69) is 30.4 Å². The summed E-state index contributed by atoms with van der Waals surface area (Å²) < 4.78 is 0. The Kier molecular flexibility index (Phi) is 4.26. The lowest BCUT2D eigenvalue weighted by Gasteiger charge is -2.30. The maximum absolute atomic E-state index is 12.7. The Balaban J connectivity index is 1.70. The van der Waals surface area contributed by atoms with Crippen LogP contribution in [-0.2, 0) is 0 Å². The normalized spacial score (nSPS) is 22.8. The van der Waals surface area contributed by atoms with Gasteiger partial charge in [0, 0.05) is 15.8 Å². The van der Waals surface area contributed by atoms with Gasteiger partial charge in [0.2, 0.25) is 0 Å². The highest BCUT2D eigenvalue weighted by atomic mass is 32.1. The Labute approximate surface area is 148 Å². The molecule has 0 aliphatic carbocycles. The van der Waals surface area contributed by atoms with Crippen LogP contribution in [0.4, 0.5) is 0 Å². The van der Waals surface area contributed by atoms with Gasteiger partial charge >= 0.3 is 0 Å². The summed E-state index contributed by atoms with van der Waals surface area (Å²) in [6.07, 6.45) is 0. The van der Waals surface area contributed by atoms with Gasteiger partial charge in [0.25, 0.3) is 5.56 Å². The van der Waals surface area contributed by atoms with Crippen molar-refractivity contribution in [2.45, 2.75) is 13.0 Å². The molecule has 0 radical (unpaired) electrons. The van der Waals surface area contributed by atoms with Crippen LogP contribution in [0.25, 0.3) is 20.7 Å². The first kappa shape index (κ1) is 16.0. The molecule has 24 heavy (non-hydrogen) atoms. The van der Waals surface area contributed by atoms with Crippen molar-refractivity contribution >= 4 is 32.9 Å². The number of hydrogen-bond acceptors (Lipinski definition) is 4. The summed E-state index contributed by atoms with van der Waals surface area (Å²) in [4.78, 5) is 25.7. The maximum Gasteiger partial charge on any atom is 0.260 e. The summed E-state index contributed by atoms with van der Waals surface area (Å²) in [6, 6.07) is 4.29. The molecule has 1 fully saturated rings. The van der Waals surface area contributed by atoms with E-state index in [9.17, 15) is 4.79 Å². The largest absolute Gasteiger partial charge is 0.328 e. The third kappa shape index (κ3) is 2.82. The smallest absolute Gasteiger partial charge is 0.260 e. The van der Waals surface area contributed by atoms with E-state index in [1.54, 1.807) is 27.6 Å². The Morgan fingerprint density at radius 2 is 2.04 bits per heavy atom. The zero-order chi connectivity index (χ0) is 16.7. The number of rotatable bonds is 3. The Morgan fingerprint density at radius 1 is 1.25 bits per heavy atom. The van der Waals surface area contributed by atoms with Crippen LogP contribution in [0.1, 0.15) is 18.8 Å². The second-order valence-corrected chi connectivity index (χ2v) is 8.40. The molecule has 4 heterocycles. The van der Waals surface area contributed by atoms with Gasteiger partial charge in [0.05, 0.1) is 12.4 Å². The summed E-state index contributed by atoms with van der Waals surface area (Å²) in [5, 5.41) is 4.82. The molecule has 4 rings (SSSR count). The van der Waals surface area contributed by atoms with Crippen LogP contribution in [0.3, 0.4) is 0 Å². The quantitative estimate of drug-likeness (QED) is 0.623. The molecule has 1 atom stereocenters. The second kappa shape index (κ2) is 6.40. The fourth-order valence-electron chi connectivity index (χ4n) is 3.41. The summed E-state index contributed by atoms with van der Waals surface area (Å²) >= 11 is 3.22. The number of quaternary nitrogens is 2. The van der Waals surface area contributed by atoms with Crippen LogP contribution in [0, 0.1) is 0 Å². The molecule has 126 valence electrons. The van der Waals surface area contributed by atoms with Crippen molar-refractivity contribution in [3.8, 4) is 10.4 Å². The van der Waals surface area contributed by atoms with Crippen LogP contribution < -0.4 is 15.4 Å². The molecule has 0 saturated carbocycles. The van der Waals surface area contributed by atoms with Crippen molar-refractivity contribution in [3.63, 3.8) is 0 Å². The van der Waals surface area contributed by atoms with E-state index in [1.807, 2.05) is 11.4 Å². The number of fused-ring (bicyclic) bond motifs is 1. The Bertz CT molecular complexity index is 891. The molecule has 0 spiro atoms. The van der Waals surface area contributed by atoms with Crippen LogP contribution in [0.5, 0.6) is 0 Å². The van der Waals surface area contributed by atoms with Gasteiger partial charge in [-0.2, -0.15) is 0 Å². The highest BCUT2D eigenvalue weighted by Gasteiger charge is 2.28. The van der Waals surface area contributed by atoms with E-state index in [-0.39, 0.29) is 11.6 Å². The first-order valence-corrected chi connectivity index (χ1v) is 10.1. The number of hydrogen-bond donors (Lipinski definition) is 3. The molecule has 0 amide bonds. The minimum atomic E-state index is -0.00866. The van der Waals surface area contributed by atoms with Crippen molar-refractivity contribution in [1.82, 2.24) is 9.97 Å². The van der Waals surface area contributed by atoms with Crippen molar-refractivity contribution < 1.29 is 9.80 Å². The van der Waals surface area contributed by atoms with Crippen molar-refractivity contribution in [2.24, 2.45) is 0 Å². The number of aromatic amines is 1. The standard InChI is InChI=1S/C17H20N4OS2/c1-11(21-7-5-20(2)6-8-21)15-18-16(22)14-12(10-24-17(14)19-15)13-4-3-9-23-13/h3-4,9-11H,5-8H2,1-2H3,(H,18,19,22)/p+2/t11-/m1/s1. The monoisotopic (exact) mass is 362 g/mol. The number of piperazine rings is 1. The average molecular weight is 363 g/mol. The summed E-state index contributed by atoms with van der Waals surface area (Å²) in [5.41, 5.74) is 0.999. The van der Waals surface area contributed by atoms with E-state index in [1.165, 1.54) is 18.0 Å². The molecule has 1 saturated heterocycles. The maximum atomic E-state index is 12.7. The molecular weight excluding hydrogens is 340 g/mol. The van der Waals surface area contributed by atoms with E-state index >= 15 is 0 Å². The van der Waals surface area contributed by atoms with E-state index in [4.69, 9.17) is 4.98 Å². The van der Waals surface area contributed by atoms with Gasteiger partial charge in [0.15, 0.2) is 5.82 Å². The molecule has 7 heteroatoms.